The normalized spacial score (nSPS) is 16.6. The molecule has 0 aromatic rings. The van der Waals surface area contributed by atoms with E-state index in [1.54, 1.807) is 6.92 Å². The highest BCUT2D eigenvalue weighted by atomic mass is 16.5. The van der Waals surface area contributed by atoms with E-state index in [0.29, 0.717) is 12.5 Å². The molecule has 0 amide bonds. The van der Waals surface area contributed by atoms with Gasteiger partial charge in [0, 0.05) is 6.61 Å². The average Bonchev–Trinajstić information content (AvgIpc) is 2.26. The standard InChI is InChI=1S/C12H25NO3/c1-5-10(2)16-9-7-6-8-12(3,13)11(14)15-4/h10H,5-9,13H2,1-4H3. The molecule has 0 radical (unpaired) electrons. The zero-order valence-electron chi connectivity index (χ0n) is 10.9. The third-order valence-electron chi connectivity index (χ3n) is 2.72. The number of carbonyl (C=O) groups is 1. The molecule has 0 spiro atoms. The lowest BCUT2D eigenvalue weighted by Crippen LogP contribution is -2.45. The fourth-order valence-electron chi connectivity index (χ4n) is 1.33. The number of hydrogen-bond donors (Lipinski definition) is 1. The van der Waals surface area contributed by atoms with E-state index in [4.69, 9.17) is 10.5 Å². The van der Waals surface area contributed by atoms with Gasteiger partial charge < -0.3 is 15.2 Å². The molecule has 0 aromatic heterocycles. The Kier molecular flexibility index (Phi) is 7.34. The van der Waals surface area contributed by atoms with Crippen molar-refractivity contribution in [2.75, 3.05) is 13.7 Å². The van der Waals surface area contributed by atoms with Crippen molar-refractivity contribution in [1.29, 1.82) is 0 Å². The molecule has 0 aliphatic heterocycles. The topological polar surface area (TPSA) is 61.5 Å². The first kappa shape index (κ1) is 15.4. The molecule has 16 heavy (non-hydrogen) atoms. The predicted octanol–water partition coefficient (Wildman–Crippen LogP) is 1.86. The third kappa shape index (κ3) is 6.08. The van der Waals surface area contributed by atoms with E-state index in [2.05, 4.69) is 18.6 Å². The molecule has 0 aliphatic rings. The molecular weight excluding hydrogens is 206 g/mol. The molecule has 2 atom stereocenters. The van der Waals surface area contributed by atoms with Gasteiger partial charge in [0.05, 0.1) is 13.2 Å². The summed E-state index contributed by atoms with van der Waals surface area (Å²) in [5.41, 5.74) is 4.95. The summed E-state index contributed by atoms with van der Waals surface area (Å²) in [4.78, 5) is 11.3. The van der Waals surface area contributed by atoms with Crippen LogP contribution in [-0.2, 0) is 14.3 Å². The van der Waals surface area contributed by atoms with Gasteiger partial charge in [0.25, 0.3) is 0 Å². The van der Waals surface area contributed by atoms with Crippen molar-refractivity contribution in [1.82, 2.24) is 0 Å². The smallest absolute Gasteiger partial charge is 0.325 e. The second kappa shape index (κ2) is 7.63. The monoisotopic (exact) mass is 231 g/mol. The van der Waals surface area contributed by atoms with Crippen LogP contribution in [0.3, 0.4) is 0 Å². The van der Waals surface area contributed by atoms with E-state index in [-0.39, 0.29) is 5.97 Å². The molecule has 96 valence electrons. The number of esters is 1. The molecule has 0 bridgehead atoms. The Bertz CT molecular complexity index is 204. The first-order valence-corrected chi connectivity index (χ1v) is 5.93. The maximum atomic E-state index is 11.3. The number of ether oxygens (including phenoxy) is 2. The summed E-state index contributed by atoms with van der Waals surface area (Å²) in [7, 11) is 1.36. The highest BCUT2D eigenvalue weighted by Crippen LogP contribution is 2.12. The van der Waals surface area contributed by atoms with Crippen molar-refractivity contribution in [3.05, 3.63) is 0 Å². The lowest BCUT2D eigenvalue weighted by Gasteiger charge is -2.21. The lowest BCUT2D eigenvalue weighted by molar-refractivity contribution is -0.146. The van der Waals surface area contributed by atoms with Crippen LogP contribution in [0.5, 0.6) is 0 Å². The summed E-state index contributed by atoms with van der Waals surface area (Å²) in [5.74, 6) is -0.352. The minimum absolute atomic E-state index is 0.310. The predicted molar refractivity (Wildman–Crippen MR) is 64.2 cm³/mol. The Hall–Kier alpha value is -0.610. The SMILES string of the molecule is CCC(C)OCCCCC(C)(N)C(=O)OC. The molecule has 0 rings (SSSR count). The summed E-state index contributed by atoms with van der Waals surface area (Å²) in [6.07, 6.45) is 3.76. The Morgan fingerprint density at radius 1 is 1.44 bits per heavy atom. The van der Waals surface area contributed by atoms with Crippen LogP contribution in [0.15, 0.2) is 0 Å². The number of nitrogens with two attached hydrogens (primary N) is 1. The highest BCUT2D eigenvalue weighted by molar-refractivity contribution is 5.79. The van der Waals surface area contributed by atoms with Gasteiger partial charge in [0.1, 0.15) is 5.54 Å². The molecule has 2 unspecified atom stereocenters. The zero-order valence-corrected chi connectivity index (χ0v) is 10.9. The molecule has 0 aromatic carbocycles. The van der Waals surface area contributed by atoms with Crippen LogP contribution in [0.2, 0.25) is 0 Å². The van der Waals surface area contributed by atoms with Crippen molar-refractivity contribution in [2.24, 2.45) is 5.73 Å². The summed E-state index contributed by atoms with van der Waals surface area (Å²) in [5, 5.41) is 0. The van der Waals surface area contributed by atoms with Crippen LogP contribution in [0, 0.1) is 0 Å². The molecule has 0 heterocycles. The van der Waals surface area contributed by atoms with Gasteiger partial charge in [-0.15, -0.1) is 0 Å². The second-order valence-corrected chi connectivity index (χ2v) is 4.46. The number of unbranched alkanes of at least 4 members (excludes halogenated alkanes) is 1. The van der Waals surface area contributed by atoms with Crippen LogP contribution in [0.1, 0.15) is 46.5 Å². The quantitative estimate of drug-likeness (QED) is 0.511. The Morgan fingerprint density at radius 2 is 2.06 bits per heavy atom. The molecule has 0 saturated carbocycles. The van der Waals surface area contributed by atoms with Crippen LogP contribution >= 0.6 is 0 Å². The van der Waals surface area contributed by atoms with Crippen LogP contribution in [0.25, 0.3) is 0 Å². The summed E-state index contributed by atoms with van der Waals surface area (Å²) in [6.45, 7) is 6.58. The Morgan fingerprint density at radius 3 is 2.56 bits per heavy atom. The van der Waals surface area contributed by atoms with Crippen LogP contribution < -0.4 is 5.73 Å². The first-order valence-electron chi connectivity index (χ1n) is 5.93. The van der Waals surface area contributed by atoms with Gasteiger partial charge in [-0.2, -0.15) is 0 Å². The molecule has 4 nitrogen and oxygen atoms in total. The van der Waals surface area contributed by atoms with Gasteiger partial charge in [0.15, 0.2) is 0 Å². The fraction of sp³-hybridized carbons (Fsp3) is 0.917. The summed E-state index contributed by atoms with van der Waals surface area (Å²) >= 11 is 0. The van der Waals surface area contributed by atoms with E-state index in [9.17, 15) is 4.79 Å². The van der Waals surface area contributed by atoms with E-state index < -0.39 is 5.54 Å². The van der Waals surface area contributed by atoms with Crippen LogP contribution in [-0.4, -0.2) is 31.3 Å². The first-order chi connectivity index (χ1) is 7.44. The maximum Gasteiger partial charge on any atom is 0.325 e. The van der Waals surface area contributed by atoms with Gasteiger partial charge in [-0.3, -0.25) is 4.79 Å². The molecule has 0 saturated heterocycles. The van der Waals surface area contributed by atoms with Gasteiger partial charge in [0.2, 0.25) is 0 Å². The Labute approximate surface area is 98.5 Å². The van der Waals surface area contributed by atoms with Crippen molar-refractivity contribution in [3.8, 4) is 0 Å². The average molecular weight is 231 g/mol. The fourth-order valence-corrected chi connectivity index (χ4v) is 1.33. The lowest BCUT2D eigenvalue weighted by atomic mass is 9.96. The highest BCUT2D eigenvalue weighted by Gasteiger charge is 2.28. The largest absolute Gasteiger partial charge is 0.468 e. The van der Waals surface area contributed by atoms with Gasteiger partial charge >= 0.3 is 5.97 Å². The second-order valence-electron chi connectivity index (χ2n) is 4.46. The zero-order chi connectivity index (χ0) is 12.6. The summed E-state index contributed by atoms with van der Waals surface area (Å²) in [6, 6.07) is 0. The van der Waals surface area contributed by atoms with Gasteiger partial charge in [-0.1, -0.05) is 6.92 Å². The van der Waals surface area contributed by atoms with Gasteiger partial charge in [-0.05, 0) is 39.5 Å². The minimum Gasteiger partial charge on any atom is -0.468 e. The van der Waals surface area contributed by atoms with Crippen LogP contribution in [0.4, 0.5) is 0 Å². The third-order valence-corrected chi connectivity index (χ3v) is 2.72. The molecular formula is C12H25NO3. The number of carbonyl (C=O) groups excluding carboxylic acids is 1. The van der Waals surface area contributed by atoms with E-state index in [0.717, 1.165) is 25.9 Å². The minimum atomic E-state index is -0.870. The van der Waals surface area contributed by atoms with E-state index in [1.165, 1.54) is 7.11 Å². The van der Waals surface area contributed by atoms with Gasteiger partial charge in [-0.25, -0.2) is 0 Å². The summed E-state index contributed by atoms with van der Waals surface area (Å²) < 4.78 is 10.2. The van der Waals surface area contributed by atoms with Crippen molar-refractivity contribution in [3.63, 3.8) is 0 Å². The number of methoxy groups -OCH3 is 1. The number of hydrogen-bond acceptors (Lipinski definition) is 4. The number of rotatable bonds is 8. The Balaban J connectivity index is 3.62. The van der Waals surface area contributed by atoms with Crippen molar-refractivity contribution < 1.29 is 14.3 Å². The molecule has 2 N–H and O–H groups in total. The van der Waals surface area contributed by atoms with E-state index in [1.807, 2.05) is 0 Å². The van der Waals surface area contributed by atoms with Crippen molar-refractivity contribution >= 4 is 5.97 Å². The van der Waals surface area contributed by atoms with Crippen molar-refractivity contribution in [2.45, 2.75) is 58.1 Å². The van der Waals surface area contributed by atoms with E-state index >= 15 is 0 Å². The molecule has 0 aliphatic carbocycles. The molecule has 0 fully saturated rings. The molecule has 4 heteroatoms. The maximum absolute atomic E-state index is 11.3.